The van der Waals surface area contributed by atoms with Crippen molar-refractivity contribution in [2.45, 2.75) is 0 Å². The van der Waals surface area contributed by atoms with Gasteiger partial charge in [0.25, 0.3) is 5.95 Å². The summed E-state index contributed by atoms with van der Waals surface area (Å²) >= 11 is 0. The molecule has 26 heavy (non-hydrogen) atoms. The van der Waals surface area contributed by atoms with Crippen LogP contribution in [0.5, 0.6) is 23.0 Å². The second kappa shape index (κ2) is 7.21. The molecule has 0 aliphatic rings. The number of benzene rings is 2. The van der Waals surface area contributed by atoms with E-state index in [1.165, 1.54) is 47.7 Å². The monoisotopic (exact) mass is 354 g/mol. The lowest BCUT2D eigenvalue weighted by Gasteiger charge is -2.01. The van der Waals surface area contributed by atoms with Gasteiger partial charge in [0.1, 0.15) is 6.33 Å². The van der Waals surface area contributed by atoms with Crippen LogP contribution in [-0.2, 0) is 0 Å². The number of aromatic nitrogens is 3. The van der Waals surface area contributed by atoms with Crippen LogP contribution in [0.4, 0.5) is 5.95 Å². The van der Waals surface area contributed by atoms with Gasteiger partial charge in [-0.25, -0.2) is 5.43 Å². The molecule has 1 heterocycles. The number of hydrogen-bond donors (Lipinski definition) is 5. The third-order valence-electron chi connectivity index (χ3n) is 3.24. The zero-order valence-electron chi connectivity index (χ0n) is 13.2. The van der Waals surface area contributed by atoms with E-state index in [0.29, 0.717) is 11.1 Å². The highest BCUT2D eigenvalue weighted by atomic mass is 16.3. The lowest BCUT2D eigenvalue weighted by molar-refractivity contribution is 0.403. The number of nitrogens with zero attached hydrogens (tertiary/aromatic N) is 5. The van der Waals surface area contributed by atoms with Crippen LogP contribution >= 0.6 is 0 Å². The minimum Gasteiger partial charge on any atom is -0.504 e. The van der Waals surface area contributed by atoms with Gasteiger partial charge in [0.2, 0.25) is 0 Å². The van der Waals surface area contributed by atoms with Crippen molar-refractivity contribution in [3.05, 3.63) is 53.9 Å². The van der Waals surface area contributed by atoms with Crippen molar-refractivity contribution in [1.82, 2.24) is 14.9 Å². The summed E-state index contributed by atoms with van der Waals surface area (Å²) in [5.41, 5.74) is 3.76. The largest absolute Gasteiger partial charge is 0.504 e. The molecule has 0 saturated carbocycles. The van der Waals surface area contributed by atoms with E-state index in [2.05, 4.69) is 25.8 Å². The molecule has 0 atom stereocenters. The third kappa shape index (κ3) is 3.87. The Balaban J connectivity index is 1.70. The third-order valence-corrected chi connectivity index (χ3v) is 3.24. The van der Waals surface area contributed by atoms with Gasteiger partial charge in [0, 0.05) is 0 Å². The lowest BCUT2D eigenvalue weighted by Crippen LogP contribution is -1.99. The molecular formula is C16H14N6O4. The molecule has 10 nitrogen and oxygen atoms in total. The molecule has 3 rings (SSSR count). The number of nitrogens with one attached hydrogen (secondary N) is 1. The molecular weight excluding hydrogens is 340 g/mol. The van der Waals surface area contributed by atoms with Gasteiger partial charge in [-0.15, -0.1) is 10.2 Å². The molecule has 3 aromatic rings. The topological polar surface area (TPSA) is 148 Å². The highest BCUT2D eigenvalue weighted by Crippen LogP contribution is 2.24. The van der Waals surface area contributed by atoms with Crippen LogP contribution < -0.4 is 5.43 Å². The first kappa shape index (κ1) is 16.8. The first-order valence-corrected chi connectivity index (χ1v) is 7.30. The predicted molar refractivity (Wildman–Crippen MR) is 93.8 cm³/mol. The Bertz CT molecular complexity index is 983. The van der Waals surface area contributed by atoms with Gasteiger partial charge in [-0.1, -0.05) is 0 Å². The average Bonchev–Trinajstić information content (AvgIpc) is 3.06. The molecule has 132 valence electrons. The average molecular weight is 354 g/mol. The van der Waals surface area contributed by atoms with Crippen molar-refractivity contribution in [2.24, 2.45) is 10.2 Å². The van der Waals surface area contributed by atoms with Crippen molar-refractivity contribution in [2.75, 3.05) is 5.43 Å². The molecule has 0 aliphatic heterocycles. The molecule has 0 saturated heterocycles. The van der Waals surface area contributed by atoms with Crippen LogP contribution in [0.3, 0.4) is 0 Å². The minimum atomic E-state index is -0.252. The second-order valence-electron chi connectivity index (χ2n) is 5.11. The Morgan fingerprint density at radius 2 is 1.46 bits per heavy atom. The molecule has 0 radical (unpaired) electrons. The maximum absolute atomic E-state index is 9.46. The maximum atomic E-state index is 9.46. The van der Waals surface area contributed by atoms with Crippen LogP contribution in [-0.4, -0.2) is 47.7 Å². The first-order valence-electron chi connectivity index (χ1n) is 7.30. The van der Waals surface area contributed by atoms with Crippen molar-refractivity contribution >= 4 is 18.4 Å². The van der Waals surface area contributed by atoms with E-state index in [9.17, 15) is 20.4 Å². The molecule has 5 N–H and O–H groups in total. The number of phenolic OH excluding ortho intramolecular Hbond substituents is 4. The maximum Gasteiger partial charge on any atom is 0.265 e. The Morgan fingerprint density at radius 3 is 2.08 bits per heavy atom. The number of hydrazone groups is 1. The highest BCUT2D eigenvalue weighted by Gasteiger charge is 2.02. The molecule has 0 bridgehead atoms. The van der Waals surface area contributed by atoms with E-state index in [4.69, 9.17) is 0 Å². The van der Waals surface area contributed by atoms with Crippen LogP contribution in [0.1, 0.15) is 11.1 Å². The fourth-order valence-electron chi connectivity index (χ4n) is 1.92. The zero-order valence-corrected chi connectivity index (χ0v) is 13.2. The van der Waals surface area contributed by atoms with Crippen LogP contribution in [0.25, 0.3) is 0 Å². The summed E-state index contributed by atoms with van der Waals surface area (Å²) < 4.78 is 1.32. The SMILES string of the molecule is Oc1ccc(/C=N\Nc2nncn2/N=C\c2ccc(O)c(O)c2)cc1O. The van der Waals surface area contributed by atoms with Crippen molar-refractivity contribution in [1.29, 1.82) is 0 Å². The predicted octanol–water partition coefficient (Wildman–Crippen LogP) is 1.43. The Kier molecular flexibility index (Phi) is 4.65. The summed E-state index contributed by atoms with van der Waals surface area (Å²) in [4.78, 5) is 0. The summed E-state index contributed by atoms with van der Waals surface area (Å²) in [6.07, 6.45) is 4.20. The normalized spacial score (nSPS) is 11.4. The smallest absolute Gasteiger partial charge is 0.265 e. The Hall–Kier alpha value is -4.08. The number of aromatic hydroxyl groups is 4. The first-order chi connectivity index (χ1) is 12.5. The van der Waals surface area contributed by atoms with E-state index in [1.807, 2.05) is 0 Å². The van der Waals surface area contributed by atoms with Gasteiger partial charge in [0.15, 0.2) is 23.0 Å². The number of anilines is 1. The van der Waals surface area contributed by atoms with Gasteiger partial charge in [0.05, 0.1) is 12.4 Å². The molecule has 0 aliphatic carbocycles. The van der Waals surface area contributed by atoms with Gasteiger partial charge < -0.3 is 20.4 Å². The van der Waals surface area contributed by atoms with Crippen molar-refractivity contribution in [3.63, 3.8) is 0 Å². The van der Waals surface area contributed by atoms with Gasteiger partial charge in [-0.3, -0.25) is 0 Å². The van der Waals surface area contributed by atoms with E-state index in [1.54, 1.807) is 12.1 Å². The standard InChI is InChI=1S/C16H14N6O4/c23-12-3-1-10(5-14(12)25)7-17-20-16-21-18-9-22(16)19-8-11-2-4-13(24)15(26)6-11/h1-9,23-26H,(H,20,21)/b17-7-,19-8-. The number of hydrogen-bond acceptors (Lipinski definition) is 9. The van der Waals surface area contributed by atoms with E-state index < -0.39 is 0 Å². The molecule has 10 heteroatoms. The van der Waals surface area contributed by atoms with Crippen LogP contribution in [0, 0.1) is 0 Å². The molecule has 2 aromatic carbocycles. The second-order valence-corrected chi connectivity index (χ2v) is 5.11. The summed E-state index contributed by atoms with van der Waals surface area (Å²) in [7, 11) is 0. The van der Waals surface area contributed by atoms with Gasteiger partial charge in [-0.05, 0) is 47.5 Å². The lowest BCUT2D eigenvalue weighted by atomic mass is 10.2. The Morgan fingerprint density at radius 1 is 0.846 bits per heavy atom. The van der Waals surface area contributed by atoms with E-state index >= 15 is 0 Å². The highest BCUT2D eigenvalue weighted by molar-refractivity contribution is 5.81. The summed E-state index contributed by atoms with van der Waals surface area (Å²) in [6.45, 7) is 0. The summed E-state index contributed by atoms with van der Waals surface area (Å²) in [5.74, 6) is -0.715. The Labute approximate surface area is 147 Å². The molecule has 0 unspecified atom stereocenters. The number of rotatable bonds is 5. The van der Waals surface area contributed by atoms with Crippen molar-refractivity contribution in [3.8, 4) is 23.0 Å². The quantitative estimate of drug-likeness (QED) is 0.264. The fourth-order valence-corrected chi connectivity index (χ4v) is 1.92. The van der Waals surface area contributed by atoms with Crippen LogP contribution in [0.2, 0.25) is 0 Å². The van der Waals surface area contributed by atoms with Gasteiger partial charge >= 0.3 is 0 Å². The van der Waals surface area contributed by atoms with Gasteiger partial charge in [-0.2, -0.15) is 14.9 Å². The molecule has 1 aromatic heterocycles. The molecule has 0 spiro atoms. The van der Waals surface area contributed by atoms with E-state index in [-0.39, 0.29) is 28.9 Å². The zero-order chi connectivity index (χ0) is 18.5. The summed E-state index contributed by atoms with van der Waals surface area (Å²) in [5, 5.41) is 53.1. The number of phenols is 4. The molecule has 0 fully saturated rings. The minimum absolute atomic E-state index is 0.218. The van der Waals surface area contributed by atoms with Crippen LogP contribution in [0.15, 0.2) is 52.9 Å². The molecule has 0 amide bonds. The fraction of sp³-hybridized carbons (Fsp3) is 0. The summed E-state index contributed by atoms with van der Waals surface area (Å²) in [6, 6.07) is 8.54. The van der Waals surface area contributed by atoms with Crippen molar-refractivity contribution < 1.29 is 20.4 Å². The van der Waals surface area contributed by atoms with E-state index in [0.717, 1.165) is 0 Å².